The van der Waals surface area contributed by atoms with Crippen LogP contribution in [0.1, 0.15) is 49.7 Å². The van der Waals surface area contributed by atoms with Crippen LogP contribution in [0.25, 0.3) is 0 Å². The lowest BCUT2D eigenvalue weighted by atomic mass is 9.90. The van der Waals surface area contributed by atoms with E-state index >= 15 is 0 Å². The van der Waals surface area contributed by atoms with E-state index in [1.807, 2.05) is 13.8 Å². The summed E-state index contributed by atoms with van der Waals surface area (Å²) in [6, 6.07) is 3.13. The molecule has 0 aliphatic carbocycles. The molecular formula is C19H23F3N4O3. The maximum absolute atomic E-state index is 12.7. The molecule has 3 rings (SSSR count). The molecule has 1 N–H and O–H groups in total. The van der Waals surface area contributed by atoms with Crippen LogP contribution in [0.4, 0.5) is 23.8 Å². The van der Waals surface area contributed by atoms with E-state index in [-0.39, 0.29) is 11.3 Å². The first-order chi connectivity index (χ1) is 13.6. The molecule has 0 saturated carbocycles. The van der Waals surface area contributed by atoms with Crippen LogP contribution in [0, 0.1) is 0 Å². The third-order valence-corrected chi connectivity index (χ3v) is 4.91. The maximum atomic E-state index is 12.7. The van der Waals surface area contributed by atoms with Crippen molar-refractivity contribution in [3.8, 4) is 0 Å². The largest absolute Gasteiger partial charge is 0.417 e. The van der Waals surface area contributed by atoms with Gasteiger partial charge in [-0.2, -0.15) is 13.2 Å². The number of amides is 2. The predicted molar refractivity (Wildman–Crippen MR) is 98.3 cm³/mol. The number of methoxy groups -OCH3 is 1. The molecule has 1 saturated heterocycles. The molecule has 2 aromatic rings. The average Bonchev–Trinajstić information content (AvgIpc) is 3.31. The first kappa shape index (κ1) is 21.1. The number of anilines is 1. The molecule has 0 bridgehead atoms. The van der Waals surface area contributed by atoms with E-state index in [2.05, 4.69) is 15.5 Å². The Hall–Kier alpha value is -2.62. The normalized spacial score (nSPS) is 17.6. The van der Waals surface area contributed by atoms with Crippen LogP contribution in [0.2, 0.25) is 0 Å². The lowest BCUT2D eigenvalue weighted by Gasteiger charge is -2.24. The van der Waals surface area contributed by atoms with E-state index in [1.165, 1.54) is 11.0 Å². The molecule has 2 aromatic heterocycles. The van der Waals surface area contributed by atoms with E-state index in [4.69, 9.17) is 9.26 Å². The predicted octanol–water partition coefficient (Wildman–Crippen LogP) is 4.38. The standard InChI is InChI=1S/C19H23F3N4O3/c1-18(2,11-28-3)15-9-16(29-25-15)24-17(27)26-8-4-5-14(26)13-7-6-12(10-23-13)19(20,21)22/h6-7,9-10,14H,4-5,8,11H2,1-3H3,(H,24,27). The van der Waals surface area contributed by atoms with Crippen molar-refractivity contribution >= 4 is 11.9 Å². The molecule has 0 spiro atoms. The number of urea groups is 1. The number of likely N-dealkylation sites (tertiary alicyclic amines) is 1. The number of nitrogens with one attached hydrogen (secondary N) is 1. The monoisotopic (exact) mass is 412 g/mol. The van der Waals surface area contributed by atoms with Crippen LogP contribution >= 0.6 is 0 Å². The molecule has 7 nitrogen and oxygen atoms in total. The van der Waals surface area contributed by atoms with Crippen molar-refractivity contribution in [1.82, 2.24) is 15.0 Å². The van der Waals surface area contributed by atoms with Gasteiger partial charge in [0.2, 0.25) is 5.88 Å². The lowest BCUT2D eigenvalue weighted by molar-refractivity contribution is -0.137. The van der Waals surface area contributed by atoms with E-state index in [0.29, 0.717) is 31.0 Å². The third kappa shape index (κ3) is 4.69. The van der Waals surface area contributed by atoms with Gasteiger partial charge >= 0.3 is 12.2 Å². The number of pyridine rings is 1. The van der Waals surface area contributed by atoms with Gasteiger partial charge in [0, 0.05) is 31.3 Å². The summed E-state index contributed by atoms with van der Waals surface area (Å²) in [4.78, 5) is 18.2. The number of alkyl halides is 3. The number of hydrogen-bond acceptors (Lipinski definition) is 5. The Bertz CT molecular complexity index is 849. The van der Waals surface area contributed by atoms with Gasteiger partial charge in [-0.05, 0) is 25.0 Å². The number of carbonyl (C=O) groups is 1. The molecule has 29 heavy (non-hydrogen) atoms. The smallest absolute Gasteiger partial charge is 0.384 e. The highest BCUT2D eigenvalue weighted by molar-refractivity contribution is 5.88. The Kier molecular flexibility index (Phi) is 5.83. The van der Waals surface area contributed by atoms with Crippen LogP contribution in [-0.2, 0) is 16.3 Å². The molecule has 1 fully saturated rings. The van der Waals surface area contributed by atoms with Gasteiger partial charge < -0.3 is 14.2 Å². The van der Waals surface area contributed by atoms with E-state index in [9.17, 15) is 18.0 Å². The molecule has 1 aliphatic heterocycles. The fourth-order valence-electron chi connectivity index (χ4n) is 3.35. The third-order valence-electron chi connectivity index (χ3n) is 4.91. The fourth-order valence-corrected chi connectivity index (χ4v) is 3.35. The zero-order valence-electron chi connectivity index (χ0n) is 16.4. The van der Waals surface area contributed by atoms with Crippen molar-refractivity contribution in [3.05, 3.63) is 41.3 Å². The number of nitrogens with zero attached hydrogens (tertiary/aromatic N) is 3. The topological polar surface area (TPSA) is 80.5 Å². The minimum atomic E-state index is -4.45. The van der Waals surface area contributed by atoms with Crippen LogP contribution in [0.5, 0.6) is 0 Å². The van der Waals surface area contributed by atoms with Crippen molar-refractivity contribution in [1.29, 1.82) is 0 Å². The highest BCUT2D eigenvalue weighted by atomic mass is 19.4. The minimum Gasteiger partial charge on any atom is -0.384 e. The van der Waals surface area contributed by atoms with Gasteiger partial charge in [0.05, 0.1) is 29.6 Å². The summed E-state index contributed by atoms with van der Waals surface area (Å²) in [7, 11) is 1.59. The molecule has 1 aliphatic rings. The summed E-state index contributed by atoms with van der Waals surface area (Å²) in [6.07, 6.45) is -2.30. The second-order valence-corrected chi connectivity index (χ2v) is 7.64. The molecule has 2 amide bonds. The van der Waals surface area contributed by atoms with E-state index < -0.39 is 23.8 Å². The number of hydrogen-bond donors (Lipinski definition) is 1. The SMILES string of the molecule is COCC(C)(C)c1cc(NC(=O)N2CCCC2c2ccc(C(F)(F)F)cn2)on1. The number of rotatable bonds is 5. The summed E-state index contributed by atoms with van der Waals surface area (Å²) >= 11 is 0. The Balaban J connectivity index is 1.70. The van der Waals surface area contributed by atoms with Crippen molar-refractivity contribution in [2.75, 3.05) is 25.6 Å². The number of halogens is 3. The first-order valence-corrected chi connectivity index (χ1v) is 9.19. The van der Waals surface area contributed by atoms with Crippen molar-refractivity contribution in [3.63, 3.8) is 0 Å². The Labute approximate surface area is 166 Å². The molecular weight excluding hydrogens is 389 g/mol. The maximum Gasteiger partial charge on any atom is 0.417 e. The van der Waals surface area contributed by atoms with E-state index in [1.54, 1.807) is 13.2 Å². The van der Waals surface area contributed by atoms with E-state index in [0.717, 1.165) is 18.7 Å². The van der Waals surface area contributed by atoms with Gasteiger partial charge in [0.25, 0.3) is 0 Å². The molecule has 10 heteroatoms. The van der Waals surface area contributed by atoms with Gasteiger partial charge in [-0.25, -0.2) is 4.79 Å². The zero-order chi connectivity index (χ0) is 21.2. The van der Waals surface area contributed by atoms with Gasteiger partial charge in [0.15, 0.2) is 0 Å². The first-order valence-electron chi connectivity index (χ1n) is 9.19. The van der Waals surface area contributed by atoms with Crippen LogP contribution in [0.3, 0.4) is 0 Å². The highest BCUT2D eigenvalue weighted by Gasteiger charge is 2.34. The summed E-state index contributed by atoms with van der Waals surface area (Å²) in [6.45, 7) is 4.77. The molecule has 3 heterocycles. The summed E-state index contributed by atoms with van der Waals surface area (Å²) < 4.78 is 48.6. The van der Waals surface area contributed by atoms with Crippen LogP contribution < -0.4 is 5.32 Å². The van der Waals surface area contributed by atoms with Gasteiger partial charge in [-0.15, -0.1) is 0 Å². The fraction of sp³-hybridized carbons (Fsp3) is 0.526. The highest BCUT2D eigenvalue weighted by Crippen LogP contribution is 2.34. The molecule has 1 atom stereocenters. The average molecular weight is 412 g/mol. The summed E-state index contributed by atoms with van der Waals surface area (Å²) in [5.41, 5.74) is -0.146. The summed E-state index contributed by atoms with van der Waals surface area (Å²) in [5, 5.41) is 6.65. The minimum absolute atomic E-state index is 0.195. The molecule has 0 aromatic carbocycles. The van der Waals surface area contributed by atoms with Gasteiger partial charge in [-0.1, -0.05) is 19.0 Å². The van der Waals surface area contributed by atoms with Crippen LogP contribution in [-0.4, -0.2) is 41.3 Å². The molecule has 0 radical (unpaired) electrons. The second-order valence-electron chi connectivity index (χ2n) is 7.64. The van der Waals surface area contributed by atoms with Gasteiger partial charge in [-0.3, -0.25) is 10.3 Å². The zero-order valence-corrected chi connectivity index (χ0v) is 16.4. The second kappa shape index (κ2) is 8.02. The van der Waals surface area contributed by atoms with Crippen molar-refractivity contribution < 1.29 is 27.2 Å². The number of ether oxygens (including phenoxy) is 1. The molecule has 158 valence electrons. The number of aromatic nitrogens is 2. The summed E-state index contributed by atoms with van der Waals surface area (Å²) in [5.74, 6) is 0.195. The van der Waals surface area contributed by atoms with Crippen molar-refractivity contribution in [2.24, 2.45) is 0 Å². The lowest BCUT2D eigenvalue weighted by Crippen LogP contribution is -2.34. The Morgan fingerprint density at radius 1 is 1.38 bits per heavy atom. The van der Waals surface area contributed by atoms with Crippen molar-refractivity contribution in [2.45, 2.75) is 44.3 Å². The quantitative estimate of drug-likeness (QED) is 0.788. The molecule has 1 unspecified atom stereocenters. The number of carbonyl (C=O) groups excluding carboxylic acids is 1. The Morgan fingerprint density at radius 2 is 2.14 bits per heavy atom. The van der Waals surface area contributed by atoms with Gasteiger partial charge in [0.1, 0.15) is 0 Å². The Morgan fingerprint density at radius 3 is 2.76 bits per heavy atom. The van der Waals surface area contributed by atoms with Crippen LogP contribution in [0.15, 0.2) is 28.9 Å².